The number of nitrogens with zero attached hydrogens (tertiary/aromatic N) is 2. The molecule has 4 heteroatoms. The molecule has 0 saturated heterocycles. The molecule has 0 spiro atoms. The number of aromatic hydroxyl groups is 1. The lowest BCUT2D eigenvalue weighted by atomic mass is 9.76. The SMILES string of the molecule is CC(C)(C)c1cc(Cc2ccccc2)cc(-c2nc3c(-c4cc(-c5cc(-c6ccccc6)ccn5)cc(C(C)(C)c5ccccc5)c4)cccc3o2)c1O. The fourth-order valence-corrected chi connectivity index (χ4v) is 7.37. The van der Waals surface area contributed by atoms with Crippen LogP contribution in [-0.4, -0.2) is 15.1 Å². The van der Waals surface area contributed by atoms with Crippen molar-refractivity contribution in [2.45, 2.75) is 51.9 Å². The van der Waals surface area contributed by atoms with E-state index in [-0.39, 0.29) is 16.6 Å². The first-order chi connectivity index (χ1) is 26.0. The van der Waals surface area contributed by atoms with Gasteiger partial charge in [-0.25, -0.2) is 4.98 Å². The van der Waals surface area contributed by atoms with Crippen molar-refractivity contribution in [3.05, 3.63) is 186 Å². The zero-order valence-corrected chi connectivity index (χ0v) is 31.5. The van der Waals surface area contributed by atoms with Crippen LogP contribution in [0.2, 0.25) is 0 Å². The molecule has 0 aliphatic carbocycles. The van der Waals surface area contributed by atoms with Crippen LogP contribution < -0.4 is 0 Å². The highest BCUT2D eigenvalue weighted by molar-refractivity contribution is 5.94. The molecule has 0 bridgehead atoms. The van der Waals surface area contributed by atoms with Crippen LogP contribution in [-0.2, 0) is 17.3 Å². The molecule has 54 heavy (non-hydrogen) atoms. The number of aromatic nitrogens is 2. The molecule has 2 aromatic heterocycles. The zero-order chi connectivity index (χ0) is 37.5. The number of phenols is 1. The van der Waals surface area contributed by atoms with Gasteiger partial charge in [-0.1, -0.05) is 150 Å². The van der Waals surface area contributed by atoms with Gasteiger partial charge >= 0.3 is 0 Å². The first-order valence-electron chi connectivity index (χ1n) is 18.6. The minimum absolute atomic E-state index is 0.200. The number of pyridine rings is 1. The summed E-state index contributed by atoms with van der Waals surface area (Å²) in [5.41, 5.74) is 13.1. The predicted molar refractivity (Wildman–Crippen MR) is 222 cm³/mol. The molecule has 0 radical (unpaired) electrons. The quantitative estimate of drug-likeness (QED) is 0.171. The largest absolute Gasteiger partial charge is 0.507 e. The molecule has 0 fully saturated rings. The van der Waals surface area contributed by atoms with E-state index in [4.69, 9.17) is 14.4 Å². The second kappa shape index (κ2) is 13.9. The van der Waals surface area contributed by atoms with Crippen LogP contribution in [0, 0.1) is 0 Å². The molecule has 0 atom stereocenters. The lowest BCUT2D eigenvalue weighted by Gasteiger charge is -2.27. The second-order valence-electron chi connectivity index (χ2n) is 15.7. The maximum Gasteiger partial charge on any atom is 0.231 e. The van der Waals surface area contributed by atoms with E-state index < -0.39 is 0 Å². The molecular weight excluding hydrogens is 661 g/mol. The van der Waals surface area contributed by atoms with Crippen LogP contribution in [0.15, 0.2) is 162 Å². The van der Waals surface area contributed by atoms with Crippen LogP contribution in [0.4, 0.5) is 0 Å². The van der Waals surface area contributed by atoms with Crippen LogP contribution in [0.3, 0.4) is 0 Å². The van der Waals surface area contributed by atoms with E-state index in [0.717, 1.165) is 62.1 Å². The number of benzene rings is 6. The van der Waals surface area contributed by atoms with Crippen LogP contribution in [0.25, 0.3) is 56.1 Å². The molecule has 0 saturated carbocycles. The Kier molecular flexibility index (Phi) is 8.99. The Morgan fingerprint density at radius 3 is 1.96 bits per heavy atom. The molecule has 0 aliphatic heterocycles. The lowest BCUT2D eigenvalue weighted by Crippen LogP contribution is -2.19. The van der Waals surface area contributed by atoms with Crippen LogP contribution in [0.1, 0.15) is 62.4 Å². The molecule has 6 aromatic carbocycles. The smallest absolute Gasteiger partial charge is 0.231 e. The van der Waals surface area contributed by atoms with Crippen molar-refractivity contribution in [1.29, 1.82) is 0 Å². The highest BCUT2D eigenvalue weighted by atomic mass is 16.3. The molecule has 8 aromatic rings. The highest BCUT2D eigenvalue weighted by Gasteiger charge is 2.27. The summed E-state index contributed by atoms with van der Waals surface area (Å²) in [5.74, 6) is 0.597. The van der Waals surface area contributed by atoms with Gasteiger partial charge in [-0.3, -0.25) is 4.98 Å². The van der Waals surface area contributed by atoms with Crippen molar-refractivity contribution in [3.8, 4) is 50.7 Å². The molecule has 266 valence electrons. The van der Waals surface area contributed by atoms with Gasteiger partial charge in [0.1, 0.15) is 11.3 Å². The fraction of sp³-hybridized carbons (Fsp3) is 0.160. The fourth-order valence-electron chi connectivity index (χ4n) is 7.37. The molecule has 1 N–H and O–H groups in total. The van der Waals surface area contributed by atoms with Crippen LogP contribution in [0.5, 0.6) is 5.75 Å². The van der Waals surface area contributed by atoms with Gasteiger partial charge in [0.25, 0.3) is 0 Å². The monoisotopic (exact) mass is 704 g/mol. The van der Waals surface area contributed by atoms with Crippen molar-refractivity contribution < 1.29 is 9.52 Å². The summed E-state index contributed by atoms with van der Waals surface area (Å²) < 4.78 is 6.53. The van der Waals surface area contributed by atoms with E-state index >= 15 is 0 Å². The van der Waals surface area contributed by atoms with E-state index in [1.54, 1.807) is 0 Å². The minimum atomic E-state index is -0.305. The van der Waals surface area contributed by atoms with Crippen molar-refractivity contribution in [1.82, 2.24) is 9.97 Å². The predicted octanol–water partition coefficient (Wildman–Crippen LogP) is 12.8. The number of para-hydroxylation sites is 1. The number of phenolic OH excluding ortho intramolecular Hbond substituents is 1. The highest BCUT2D eigenvalue weighted by Crippen LogP contribution is 2.43. The number of hydrogen-bond donors (Lipinski definition) is 1. The maximum atomic E-state index is 11.8. The molecule has 4 nitrogen and oxygen atoms in total. The Bertz CT molecular complexity index is 2580. The molecule has 0 unspecified atom stereocenters. The zero-order valence-electron chi connectivity index (χ0n) is 31.5. The molecule has 0 amide bonds. The summed E-state index contributed by atoms with van der Waals surface area (Å²) in [6.45, 7) is 10.9. The van der Waals surface area contributed by atoms with E-state index in [0.29, 0.717) is 17.0 Å². The van der Waals surface area contributed by atoms with E-state index in [1.165, 1.54) is 11.1 Å². The molecular formula is C50H44N2O2. The third-order valence-corrected chi connectivity index (χ3v) is 10.5. The average molecular weight is 705 g/mol. The summed E-state index contributed by atoms with van der Waals surface area (Å²) in [6, 6.07) is 52.6. The van der Waals surface area contributed by atoms with Gasteiger partial charge in [0.2, 0.25) is 5.89 Å². The van der Waals surface area contributed by atoms with Gasteiger partial charge in [0.05, 0.1) is 11.3 Å². The summed E-state index contributed by atoms with van der Waals surface area (Å²) in [4.78, 5) is 10.0. The topological polar surface area (TPSA) is 59.2 Å². The normalized spacial score (nSPS) is 11.9. The van der Waals surface area contributed by atoms with Crippen molar-refractivity contribution in [2.24, 2.45) is 0 Å². The molecule has 0 aliphatic rings. The Labute approximate surface area is 317 Å². The summed E-state index contributed by atoms with van der Waals surface area (Å²) in [7, 11) is 0. The van der Waals surface area contributed by atoms with Gasteiger partial charge in [-0.15, -0.1) is 0 Å². The average Bonchev–Trinajstić information content (AvgIpc) is 3.64. The van der Waals surface area contributed by atoms with Gasteiger partial charge in [0.15, 0.2) is 5.58 Å². The minimum Gasteiger partial charge on any atom is -0.507 e. The van der Waals surface area contributed by atoms with Crippen molar-refractivity contribution in [3.63, 3.8) is 0 Å². The van der Waals surface area contributed by atoms with Crippen molar-refractivity contribution >= 4 is 11.1 Å². The number of oxazole rings is 1. The lowest BCUT2D eigenvalue weighted by molar-refractivity contribution is 0.446. The number of hydrogen-bond acceptors (Lipinski definition) is 4. The number of rotatable bonds is 8. The summed E-state index contributed by atoms with van der Waals surface area (Å²) in [6.07, 6.45) is 2.62. The molecule has 2 heterocycles. The summed E-state index contributed by atoms with van der Waals surface area (Å²) in [5, 5.41) is 11.8. The van der Waals surface area contributed by atoms with Crippen molar-refractivity contribution in [2.75, 3.05) is 0 Å². The van der Waals surface area contributed by atoms with Gasteiger partial charge in [-0.05, 0) is 87.2 Å². The standard InChI is InChI=1S/C50H44N2O2/c1-49(2,3)43-28-34(26-33-16-9-6-10-17-33)27-42(47(43)53)48-52-46-41(22-15-23-45(46)54-48)37-29-38(31-40(30-37)50(4,5)39-20-13-8-14-21-39)44-32-36(24-25-51-44)35-18-11-7-12-19-35/h6-25,27-32,53H,26H2,1-5H3. The van der Waals surface area contributed by atoms with Gasteiger partial charge < -0.3 is 9.52 Å². The number of fused-ring (bicyclic) bond motifs is 1. The Morgan fingerprint density at radius 1 is 0.556 bits per heavy atom. The summed E-state index contributed by atoms with van der Waals surface area (Å²) >= 11 is 0. The Balaban J connectivity index is 1.29. The third kappa shape index (κ3) is 6.83. The van der Waals surface area contributed by atoms with E-state index in [9.17, 15) is 5.11 Å². The van der Waals surface area contributed by atoms with E-state index in [2.05, 4.69) is 156 Å². The second-order valence-corrected chi connectivity index (χ2v) is 15.7. The maximum absolute atomic E-state index is 11.8. The Morgan fingerprint density at radius 2 is 1.24 bits per heavy atom. The van der Waals surface area contributed by atoms with Gasteiger partial charge in [0, 0.05) is 28.3 Å². The molecule has 8 rings (SSSR count). The Hall–Kier alpha value is -6.26. The van der Waals surface area contributed by atoms with Crippen LogP contribution >= 0.6 is 0 Å². The first-order valence-corrected chi connectivity index (χ1v) is 18.6. The van der Waals surface area contributed by atoms with Gasteiger partial charge in [-0.2, -0.15) is 0 Å². The third-order valence-electron chi connectivity index (χ3n) is 10.5. The van der Waals surface area contributed by atoms with E-state index in [1.807, 2.05) is 36.5 Å². The first kappa shape index (κ1) is 34.8.